The summed E-state index contributed by atoms with van der Waals surface area (Å²) < 4.78 is 38.3. The second-order valence-corrected chi connectivity index (χ2v) is 2.20. The van der Waals surface area contributed by atoms with Crippen molar-refractivity contribution in [2.75, 3.05) is 7.05 Å². The molecule has 0 fully saturated rings. The lowest BCUT2D eigenvalue weighted by Gasteiger charge is -2.07. The molecule has 0 aromatic rings. The smallest absolute Gasteiger partial charge is 0.409 e. The number of rotatable bonds is 1. The molecular formula is C6H7F3NO. The Hall–Kier alpha value is -0.870. The number of alkyl halides is 3. The first kappa shape index (κ1) is 8.23. The van der Waals surface area contributed by atoms with Crippen molar-refractivity contribution >= 4 is 0 Å². The molecule has 1 radical (unpaired) electrons. The van der Waals surface area contributed by atoms with Crippen LogP contribution in [0.5, 0.6) is 0 Å². The summed E-state index contributed by atoms with van der Waals surface area (Å²) in [5.41, 5.74) is 0. The minimum Gasteiger partial charge on any atom is -0.409 e. The average molecular weight is 166 g/mol. The zero-order valence-corrected chi connectivity index (χ0v) is 5.85. The molecule has 11 heavy (non-hydrogen) atoms. The third-order valence-corrected chi connectivity index (χ3v) is 1.17. The van der Waals surface area contributed by atoms with Crippen LogP contribution >= 0.6 is 0 Å². The second kappa shape index (κ2) is 2.64. The van der Waals surface area contributed by atoms with E-state index in [1.54, 1.807) is 13.6 Å². The molecule has 0 saturated carbocycles. The fourth-order valence-corrected chi connectivity index (χ4v) is 0.783. The molecule has 0 aromatic carbocycles. The van der Waals surface area contributed by atoms with E-state index in [1.807, 2.05) is 0 Å². The van der Waals surface area contributed by atoms with Gasteiger partial charge in [-0.1, -0.05) is 0 Å². The van der Waals surface area contributed by atoms with Crippen LogP contribution in [0.1, 0.15) is 6.42 Å². The molecule has 2 nitrogen and oxygen atoms in total. The van der Waals surface area contributed by atoms with Gasteiger partial charge in [0.25, 0.3) is 0 Å². The third-order valence-electron chi connectivity index (χ3n) is 1.17. The molecule has 0 unspecified atom stereocenters. The van der Waals surface area contributed by atoms with E-state index in [-0.39, 0.29) is 12.2 Å². The first-order chi connectivity index (χ1) is 4.97. The van der Waals surface area contributed by atoms with Crippen molar-refractivity contribution in [3.63, 3.8) is 0 Å². The lowest BCUT2D eigenvalue weighted by Crippen LogP contribution is -2.11. The lowest BCUT2D eigenvalue weighted by atomic mass is 10.4. The average Bonchev–Trinajstić information content (AvgIpc) is 2.10. The largest absolute Gasteiger partial charge is 0.572 e. The predicted octanol–water partition coefficient (Wildman–Crippen LogP) is 1.86. The van der Waals surface area contributed by atoms with Crippen molar-refractivity contribution in [3.05, 3.63) is 18.5 Å². The maximum absolute atomic E-state index is 11.5. The predicted molar refractivity (Wildman–Crippen MR) is 31.9 cm³/mol. The van der Waals surface area contributed by atoms with Crippen LogP contribution in [0.2, 0.25) is 0 Å². The van der Waals surface area contributed by atoms with Crippen LogP contribution in [0, 0.1) is 6.54 Å². The van der Waals surface area contributed by atoms with Gasteiger partial charge in [-0.15, -0.1) is 13.2 Å². The van der Waals surface area contributed by atoms with Crippen molar-refractivity contribution in [2.24, 2.45) is 0 Å². The molecule has 0 aliphatic carbocycles. The number of halogens is 3. The van der Waals surface area contributed by atoms with Crippen LogP contribution in [0.25, 0.3) is 0 Å². The van der Waals surface area contributed by atoms with E-state index in [9.17, 15) is 13.2 Å². The van der Waals surface area contributed by atoms with E-state index in [0.29, 0.717) is 0 Å². The van der Waals surface area contributed by atoms with Gasteiger partial charge in [-0.2, -0.15) is 0 Å². The molecule has 1 aliphatic heterocycles. The zero-order valence-electron chi connectivity index (χ0n) is 5.85. The molecule has 1 aliphatic rings. The van der Waals surface area contributed by atoms with Crippen molar-refractivity contribution in [3.8, 4) is 0 Å². The summed E-state index contributed by atoms with van der Waals surface area (Å²) in [4.78, 5) is 1.53. The van der Waals surface area contributed by atoms with Gasteiger partial charge in [0.15, 0.2) is 0 Å². The van der Waals surface area contributed by atoms with Gasteiger partial charge >= 0.3 is 6.36 Å². The Morgan fingerprint density at radius 3 is 2.55 bits per heavy atom. The van der Waals surface area contributed by atoms with Crippen molar-refractivity contribution < 1.29 is 17.9 Å². The first-order valence-corrected chi connectivity index (χ1v) is 2.99. The Morgan fingerprint density at radius 1 is 1.55 bits per heavy atom. The maximum atomic E-state index is 11.5. The number of hydrogen-bond acceptors (Lipinski definition) is 2. The number of hydrogen-bond donors (Lipinski definition) is 0. The summed E-state index contributed by atoms with van der Waals surface area (Å²) in [7, 11) is 1.65. The van der Waals surface area contributed by atoms with Crippen LogP contribution in [0.15, 0.2) is 12.0 Å². The van der Waals surface area contributed by atoms with E-state index in [1.165, 1.54) is 11.1 Å². The molecule has 0 atom stereocenters. The summed E-state index contributed by atoms with van der Waals surface area (Å²) >= 11 is 0. The van der Waals surface area contributed by atoms with Gasteiger partial charge in [-0.3, -0.25) is 0 Å². The molecule has 0 N–H and O–H groups in total. The van der Waals surface area contributed by atoms with Crippen LogP contribution in [0.3, 0.4) is 0 Å². The minimum absolute atomic E-state index is 0.0694. The monoisotopic (exact) mass is 166 g/mol. The highest BCUT2D eigenvalue weighted by atomic mass is 19.4. The molecule has 0 spiro atoms. The second-order valence-electron chi connectivity index (χ2n) is 2.20. The summed E-state index contributed by atoms with van der Waals surface area (Å²) in [6.07, 6.45) is -3.06. The summed E-state index contributed by atoms with van der Waals surface area (Å²) in [6, 6.07) is 0. The topological polar surface area (TPSA) is 12.5 Å². The molecule has 63 valence electrons. The lowest BCUT2D eigenvalue weighted by molar-refractivity contribution is -0.305. The molecule has 0 saturated heterocycles. The quantitative estimate of drug-likeness (QED) is 0.589. The molecule has 1 rings (SSSR count). The molecule has 0 aromatic heterocycles. The Balaban J connectivity index is 2.45. The van der Waals surface area contributed by atoms with E-state index < -0.39 is 6.36 Å². The van der Waals surface area contributed by atoms with Gasteiger partial charge in [0, 0.05) is 19.7 Å². The van der Waals surface area contributed by atoms with Crippen LogP contribution < -0.4 is 0 Å². The van der Waals surface area contributed by atoms with E-state index in [2.05, 4.69) is 4.74 Å². The highest BCUT2D eigenvalue weighted by molar-refractivity contribution is 5.05. The highest BCUT2D eigenvalue weighted by Crippen LogP contribution is 2.26. The number of ether oxygens (including phenoxy) is 1. The van der Waals surface area contributed by atoms with Crippen molar-refractivity contribution in [1.82, 2.24) is 4.90 Å². The zero-order chi connectivity index (χ0) is 8.48. The highest BCUT2D eigenvalue weighted by Gasteiger charge is 2.33. The molecular weight excluding hydrogens is 159 g/mol. The van der Waals surface area contributed by atoms with Gasteiger partial charge in [0.1, 0.15) is 5.76 Å². The number of nitrogens with zero attached hydrogens (tertiary/aromatic N) is 1. The Bertz CT molecular complexity index is 175. The Morgan fingerprint density at radius 2 is 2.18 bits per heavy atom. The molecule has 0 amide bonds. The van der Waals surface area contributed by atoms with Gasteiger partial charge < -0.3 is 9.64 Å². The van der Waals surface area contributed by atoms with Crippen LogP contribution in [-0.4, -0.2) is 18.3 Å². The van der Waals surface area contributed by atoms with Gasteiger partial charge in [0.05, 0.1) is 6.54 Å². The Labute approximate surface area is 62.2 Å². The van der Waals surface area contributed by atoms with Crippen LogP contribution in [-0.2, 0) is 4.74 Å². The third kappa shape index (κ3) is 2.69. The molecule has 5 heteroatoms. The SMILES string of the molecule is CN1[CH]CC(OC(F)(F)F)=C1. The summed E-state index contributed by atoms with van der Waals surface area (Å²) in [5.74, 6) is -0.0694. The first-order valence-electron chi connectivity index (χ1n) is 2.99. The van der Waals surface area contributed by atoms with Crippen molar-refractivity contribution in [2.45, 2.75) is 12.8 Å². The van der Waals surface area contributed by atoms with Gasteiger partial charge in [-0.25, -0.2) is 0 Å². The summed E-state index contributed by atoms with van der Waals surface area (Å²) in [5, 5.41) is 0. The minimum atomic E-state index is -4.56. The fourth-order valence-electron chi connectivity index (χ4n) is 0.783. The fraction of sp³-hybridized carbons (Fsp3) is 0.500. The van der Waals surface area contributed by atoms with Crippen LogP contribution in [0.4, 0.5) is 13.2 Å². The standard InChI is InChI=1S/C6H7F3NO/c1-10-3-2-5(4-10)11-6(7,8)9/h3-4H,2H2,1H3. The van der Waals surface area contributed by atoms with E-state index in [4.69, 9.17) is 0 Å². The van der Waals surface area contributed by atoms with Gasteiger partial charge in [0.2, 0.25) is 0 Å². The Kier molecular flexibility index (Phi) is 1.97. The van der Waals surface area contributed by atoms with E-state index in [0.717, 1.165) is 0 Å². The van der Waals surface area contributed by atoms with Gasteiger partial charge in [-0.05, 0) is 0 Å². The maximum Gasteiger partial charge on any atom is 0.572 e. The normalized spacial score (nSPS) is 18.5. The molecule has 1 heterocycles. The van der Waals surface area contributed by atoms with Crippen molar-refractivity contribution in [1.29, 1.82) is 0 Å². The summed E-state index contributed by atoms with van der Waals surface area (Å²) in [6.45, 7) is 1.60. The molecule has 0 bridgehead atoms. The van der Waals surface area contributed by atoms with E-state index >= 15 is 0 Å².